The minimum atomic E-state index is -0.663. The molecular weight excluding hydrogens is 617 g/mol. The molecule has 4 nitrogen and oxygen atoms in total. The van der Waals surface area contributed by atoms with E-state index < -0.39 is 5.97 Å². The lowest BCUT2D eigenvalue weighted by molar-refractivity contribution is -0.150. The second-order valence-electron chi connectivity index (χ2n) is 15.2. The van der Waals surface area contributed by atoms with E-state index in [-0.39, 0.29) is 12.1 Å². The van der Waals surface area contributed by atoms with Gasteiger partial charge in [0, 0.05) is 12.8 Å². The molecule has 0 rings (SSSR count). The van der Waals surface area contributed by atoms with Crippen molar-refractivity contribution in [3.63, 3.8) is 0 Å². The SMILES string of the molecule is CCCCC/C=C\C/C=C\CCCCCCCCCCCC(=O)OC(CCCCC)CCCCCCCCCCCCCCCCCC(=O)O. The summed E-state index contributed by atoms with van der Waals surface area (Å²) in [4.78, 5) is 23.1. The maximum absolute atomic E-state index is 12.6. The first-order valence-corrected chi connectivity index (χ1v) is 22.3. The zero-order valence-electron chi connectivity index (χ0n) is 33.7. The van der Waals surface area contributed by atoms with Crippen LogP contribution in [0.15, 0.2) is 24.3 Å². The van der Waals surface area contributed by atoms with Gasteiger partial charge in [0.15, 0.2) is 0 Å². The van der Waals surface area contributed by atoms with Crippen LogP contribution < -0.4 is 0 Å². The van der Waals surface area contributed by atoms with Crippen LogP contribution in [-0.2, 0) is 14.3 Å². The Kier molecular flexibility index (Phi) is 40.5. The van der Waals surface area contributed by atoms with Crippen molar-refractivity contribution in [2.45, 2.75) is 258 Å². The Morgan fingerprint density at radius 3 is 1.22 bits per heavy atom. The molecule has 0 spiro atoms. The second-order valence-corrected chi connectivity index (χ2v) is 15.2. The van der Waals surface area contributed by atoms with Crippen LogP contribution in [0.2, 0.25) is 0 Å². The van der Waals surface area contributed by atoms with Crippen LogP contribution in [0.1, 0.15) is 251 Å². The number of carbonyl (C=O) groups is 2. The lowest BCUT2D eigenvalue weighted by Gasteiger charge is -2.18. The highest BCUT2D eigenvalue weighted by atomic mass is 16.5. The number of carbonyl (C=O) groups excluding carboxylic acids is 1. The van der Waals surface area contributed by atoms with E-state index in [0.29, 0.717) is 12.8 Å². The first-order valence-electron chi connectivity index (χ1n) is 22.3. The number of carboxylic acid groups (broad SMARTS) is 1. The summed E-state index contributed by atoms with van der Waals surface area (Å²) in [5.41, 5.74) is 0. The molecule has 0 fully saturated rings. The third-order valence-corrected chi connectivity index (χ3v) is 10.2. The number of esters is 1. The highest BCUT2D eigenvalue weighted by Gasteiger charge is 2.14. The van der Waals surface area contributed by atoms with E-state index in [2.05, 4.69) is 38.2 Å². The van der Waals surface area contributed by atoms with Gasteiger partial charge in [0.25, 0.3) is 0 Å². The number of hydrogen-bond donors (Lipinski definition) is 1. The first-order chi connectivity index (χ1) is 24.6. The van der Waals surface area contributed by atoms with Gasteiger partial charge >= 0.3 is 11.9 Å². The summed E-state index contributed by atoms with van der Waals surface area (Å²) in [5.74, 6) is -0.622. The molecular formula is C46H86O4. The number of unbranched alkanes of at least 4 members (excludes halogenated alkanes) is 28. The summed E-state index contributed by atoms with van der Waals surface area (Å²) in [6.45, 7) is 4.50. The molecule has 1 atom stereocenters. The first kappa shape index (κ1) is 48.4. The van der Waals surface area contributed by atoms with Gasteiger partial charge in [-0.2, -0.15) is 0 Å². The molecule has 0 radical (unpaired) electrons. The quantitative estimate of drug-likeness (QED) is 0.0391. The predicted molar refractivity (Wildman–Crippen MR) is 218 cm³/mol. The molecule has 50 heavy (non-hydrogen) atoms. The number of aliphatic carboxylic acids is 1. The van der Waals surface area contributed by atoms with E-state index in [4.69, 9.17) is 9.84 Å². The third-order valence-electron chi connectivity index (χ3n) is 10.2. The van der Waals surface area contributed by atoms with Crippen LogP contribution >= 0.6 is 0 Å². The van der Waals surface area contributed by atoms with Gasteiger partial charge in [-0.25, -0.2) is 0 Å². The van der Waals surface area contributed by atoms with E-state index in [0.717, 1.165) is 44.9 Å². The summed E-state index contributed by atoms with van der Waals surface area (Å²) in [6.07, 6.45) is 54.0. The number of ether oxygens (including phenoxy) is 1. The molecule has 0 bridgehead atoms. The molecule has 0 aliphatic heterocycles. The monoisotopic (exact) mass is 703 g/mol. The van der Waals surface area contributed by atoms with Crippen LogP contribution in [0.5, 0.6) is 0 Å². The van der Waals surface area contributed by atoms with Gasteiger partial charge in [-0.1, -0.05) is 192 Å². The van der Waals surface area contributed by atoms with Gasteiger partial charge in [-0.05, 0) is 70.6 Å². The van der Waals surface area contributed by atoms with Crippen molar-refractivity contribution in [3.05, 3.63) is 24.3 Å². The fraction of sp³-hybridized carbons (Fsp3) is 0.870. The van der Waals surface area contributed by atoms with Gasteiger partial charge < -0.3 is 9.84 Å². The standard InChI is InChI=1S/C46H86O4/c1-3-5-7-8-9-10-11-12-13-14-15-16-20-23-26-29-32-35-39-43-46(49)50-44(40-36-6-4-2)41-37-33-30-27-24-21-18-17-19-22-25-28-31-34-38-42-45(47)48/h9-10,12-13,44H,3-8,11,14-43H2,1-2H3,(H,47,48)/b10-9-,13-12-. The van der Waals surface area contributed by atoms with Crippen molar-refractivity contribution in [2.75, 3.05) is 0 Å². The van der Waals surface area contributed by atoms with Gasteiger partial charge in [0.05, 0.1) is 0 Å². The van der Waals surface area contributed by atoms with Crippen LogP contribution in [0.3, 0.4) is 0 Å². The van der Waals surface area contributed by atoms with Crippen LogP contribution in [0, 0.1) is 0 Å². The largest absolute Gasteiger partial charge is 0.481 e. The molecule has 1 N–H and O–H groups in total. The molecule has 0 amide bonds. The van der Waals surface area contributed by atoms with Crippen molar-refractivity contribution in [1.82, 2.24) is 0 Å². The average Bonchev–Trinajstić information content (AvgIpc) is 3.10. The number of allylic oxidation sites excluding steroid dienone is 4. The molecule has 1 unspecified atom stereocenters. The summed E-state index contributed by atoms with van der Waals surface area (Å²) in [6, 6.07) is 0. The Morgan fingerprint density at radius 2 is 0.780 bits per heavy atom. The molecule has 294 valence electrons. The molecule has 0 saturated carbocycles. The number of hydrogen-bond acceptors (Lipinski definition) is 3. The molecule has 0 aromatic rings. The topological polar surface area (TPSA) is 63.6 Å². The molecule has 0 aromatic heterocycles. The number of carboxylic acids is 1. The van der Waals surface area contributed by atoms with Gasteiger partial charge in [-0.3, -0.25) is 9.59 Å². The summed E-state index contributed by atoms with van der Waals surface area (Å²) in [5, 5.41) is 8.68. The van der Waals surface area contributed by atoms with E-state index in [1.54, 1.807) is 0 Å². The maximum Gasteiger partial charge on any atom is 0.306 e. The smallest absolute Gasteiger partial charge is 0.306 e. The van der Waals surface area contributed by atoms with Gasteiger partial charge in [0.2, 0.25) is 0 Å². The zero-order chi connectivity index (χ0) is 36.4. The van der Waals surface area contributed by atoms with Crippen molar-refractivity contribution in [1.29, 1.82) is 0 Å². The molecule has 0 aromatic carbocycles. The van der Waals surface area contributed by atoms with E-state index >= 15 is 0 Å². The number of rotatable bonds is 41. The lowest BCUT2D eigenvalue weighted by atomic mass is 10.0. The Bertz CT molecular complexity index is 757. The lowest BCUT2D eigenvalue weighted by Crippen LogP contribution is -2.18. The van der Waals surface area contributed by atoms with E-state index in [1.165, 1.54) is 180 Å². The minimum Gasteiger partial charge on any atom is -0.481 e. The minimum absolute atomic E-state index is 0.0410. The molecule has 0 aliphatic carbocycles. The Labute approximate surface area is 312 Å². The van der Waals surface area contributed by atoms with E-state index in [1.807, 2.05) is 0 Å². The Hall–Kier alpha value is -1.58. The van der Waals surface area contributed by atoms with Crippen LogP contribution in [0.25, 0.3) is 0 Å². The van der Waals surface area contributed by atoms with Crippen molar-refractivity contribution >= 4 is 11.9 Å². The highest BCUT2D eigenvalue weighted by molar-refractivity contribution is 5.69. The molecule has 0 aliphatic rings. The van der Waals surface area contributed by atoms with Gasteiger partial charge in [-0.15, -0.1) is 0 Å². The molecule has 0 saturated heterocycles. The maximum atomic E-state index is 12.6. The normalized spacial score (nSPS) is 12.4. The fourth-order valence-electron chi connectivity index (χ4n) is 6.86. The second kappa shape index (κ2) is 41.8. The van der Waals surface area contributed by atoms with Crippen LogP contribution in [-0.4, -0.2) is 23.1 Å². The fourth-order valence-corrected chi connectivity index (χ4v) is 6.86. The van der Waals surface area contributed by atoms with Crippen molar-refractivity contribution in [2.24, 2.45) is 0 Å². The highest BCUT2D eigenvalue weighted by Crippen LogP contribution is 2.19. The molecule has 4 heteroatoms. The van der Waals surface area contributed by atoms with Crippen LogP contribution in [0.4, 0.5) is 0 Å². The Morgan fingerprint density at radius 1 is 0.440 bits per heavy atom. The third kappa shape index (κ3) is 40.8. The van der Waals surface area contributed by atoms with Crippen molar-refractivity contribution in [3.8, 4) is 0 Å². The van der Waals surface area contributed by atoms with Gasteiger partial charge in [0.1, 0.15) is 6.10 Å². The predicted octanol–water partition coefficient (Wildman–Crippen LogP) is 15.6. The summed E-state index contributed by atoms with van der Waals surface area (Å²) >= 11 is 0. The molecule has 0 heterocycles. The summed E-state index contributed by atoms with van der Waals surface area (Å²) in [7, 11) is 0. The zero-order valence-corrected chi connectivity index (χ0v) is 33.7. The van der Waals surface area contributed by atoms with Crippen molar-refractivity contribution < 1.29 is 19.4 Å². The van der Waals surface area contributed by atoms with E-state index in [9.17, 15) is 9.59 Å². The Balaban J connectivity index is 3.67. The average molecular weight is 703 g/mol. The summed E-state index contributed by atoms with van der Waals surface area (Å²) < 4.78 is 6.00.